The van der Waals surface area contributed by atoms with Crippen LogP contribution in [0, 0.1) is 5.92 Å². The predicted molar refractivity (Wildman–Crippen MR) is 117 cm³/mol. The molecule has 1 saturated heterocycles. The van der Waals surface area contributed by atoms with Crippen LogP contribution < -0.4 is 24.8 Å². The van der Waals surface area contributed by atoms with Crippen molar-refractivity contribution in [2.24, 2.45) is 5.92 Å². The zero-order valence-corrected chi connectivity index (χ0v) is 17.5. The van der Waals surface area contributed by atoms with E-state index in [2.05, 4.69) is 41.5 Å². The van der Waals surface area contributed by atoms with Crippen molar-refractivity contribution in [2.75, 3.05) is 40.5 Å². The smallest absolute Gasteiger partial charge is 0.125 e. The Morgan fingerprint density at radius 1 is 1.03 bits per heavy atom. The number of methoxy groups -OCH3 is 2. The van der Waals surface area contributed by atoms with Gasteiger partial charge in [0.05, 0.1) is 14.2 Å². The van der Waals surface area contributed by atoms with E-state index in [0.29, 0.717) is 6.61 Å². The van der Waals surface area contributed by atoms with Crippen molar-refractivity contribution in [1.29, 1.82) is 0 Å². The second-order valence-electron chi connectivity index (χ2n) is 7.42. The summed E-state index contributed by atoms with van der Waals surface area (Å²) in [6.45, 7) is 8.38. The highest BCUT2D eigenvalue weighted by molar-refractivity contribution is 5.42. The quantitative estimate of drug-likeness (QED) is 0.539. The summed E-state index contributed by atoms with van der Waals surface area (Å²) in [5.74, 6) is 3.31. The standard InChI is InChI=1S/C24H32N2O3/c1-4-9-29-23-11-18(10-19(12-23)14-25-15-20-16-26-17-20)5-6-21-7-8-22(27-2)13-24(21)28-3/h4,7-8,10-13,20,25-26H,1,5-6,9,14-17H2,2-3H3. The lowest BCUT2D eigenvalue weighted by Crippen LogP contribution is -2.47. The van der Waals surface area contributed by atoms with Crippen LogP contribution in [0.1, 0.15) is 16.7 Å². The molecular weight excluding hydrogens is 364 g/mol. The zero-order valence-electron chi connectivity index (χ0n) is 17.5. The third-order valence-corrected chi connectivity index (χ3v) is 5.20. The van der Waals surface area contributed by atoms with E-state index < -0.39 is 0 Å². The van der Waals surface area contributed by atoms with Crippen molar-refractivity contribution in [3.05, 3.63) is 65.7 Å². The maximum absolute atomic E-state index is 5.83. The molecule has 1 fully saturated rings. The average Bonchev–Trinajstić information content (AvgIpc) is 2.72. The second-order valence-corrected chi connectivity index (χ2v) is 7.42. The molecule has 0 bridgehead atoms. The molecule has 1 heterocycles. The first kappa shape index (κ1) is 21.2. The van der Waals surface area contributed by atoms with Gasteiger partial charge in [-0.3, -0.25) is 0 Å². The topological polar surface area (TPSA) is 51.8 Å². The Morgan fingerprint density at radius 3 is 2.55 bits per heavy atom. The second kappa shape index (κ2) is 10.9. The fraction of sp³-hybridized carbons (Fsp3) is 0.417. The zero-order chi connectivity index (χ0) is 20.5. The minimum Gasteiger partial charge on any atom is -0.497 e. The maximum atomic E-state index is 5.83. The minimum atomic E-state index is 0.510. The van der Waals surface area contributed by atoms with Gasteiger partial charge in [0, 0.05) is 32.2 Å². The Balaban J connectivity index is 1.67. The molecular formula is C24H32N2O3. The van der Waals surface area contributed by atoms with Gasteiger partial charge in [0.2, 0.25) is 0 Å². The fourth-order valence-electron chi connectivity index (χ4n) is 3.46. The first-order chi connectivity index (χ1) is 14.2. The van der Waals surface area contributed by atoms with Crippen molar-refractivity contribution in [1.82, 2.24) is 10.6 Å². The number of hydrogen-bond acceptors (Lipinski definition) is 5. The monoisotopic (exact) mass is 396 g/mol. The Hall–Kier alpha value is -2.50. The van der Waals surface area contributed by atoms with Crippen LogP contribution in [0.5, 0.6) is 17.2 Å². The van der Waals surface area contributed by atoms with E-state index in [1.54, 1.807) is 20.3 Å². The normalized spacial score (nSPS) is 13.6. The van der Waals surface area contributed by atoms with E-state index in [9.17, 15) is 0 Å². The van der Waals surface area contributed by atoms with Crippen molar-refractivity contribution in [2.45, 2.75) is 19.4 Å². The molecule has 0 aromatic heterocycles. The van der Waals surface area contributed by atoms with Crippen molar-refractivity contribution < 1.29 is 14.2 Å². The molecule has 0 unspecified atom stereocenters. The molecule has 0 aliphatic carbocycles. The molecule has 5 nitrogen and oxygen atoms in total. The van der Waals surface area contributed by atoms with E-state index >= 15 is 0 Å². The molecule has 2 aromatic carbocycles. The van der Waals surface area contributed by atoms with Crippen LogP contribution in [0.4, 0.5) is 0 Å². The predicted octanol–water partition coefficient (Wildman–Crippen LogP) is 3.36. The van der Waals surface area contributed by atoms with Gasteiger partial charge >= 0.3 is 0 Å². The number of aryl methyl sites for hydroxylation is 2. The molecule has 29 heavy (non-hydrogen) atoms. The molecule has 2 N–H and O–H groups in total. The van der Waals surface area contributed by atoms with E-state index in [0.717, 1.165) is 62.2 Å². The highest BCUT2D eigenvalue weighted by Crippen LogP contribution is 2.26. The SMILES string of the molecule is C=CCOc1cc(CCc2ccc(OC)cc2OC)cc(CNCC2CNC2)c1. The summed E-state index contributed by atoms with van der Waals surface area (Å²) < 4.78 is 16.7. The molecule has 1 aliphatic rings. The first-order valence-electron chi connectivity index (χ1n) is 10.2. The summed E-state index contributed by atoms with van der Waals surface area (Å²) in [6, 6.07) is 12.5. The van der Waals surface area contributed by atoms with Gasteiger partial charge in [-0.2, -0.15) is 0 Å². The van der Waals surface area contributed by atoms with Gasteiger partial charge in [0.25, 0.3) is 0 Å². The molecule has 3 rings (SSSR count). The molecule has 2 aromatic rings. The van der Waals surface area contributed by atoms with Crippen LogP contribution in [0.2, 0.25) is 0 Å². The Morgan fingerprint density at radius 2 is 1.86 bits per heavy atom. The summed E-state index contributed by atoms with van der Waals surface area (Å²) in [6.07, 6.45) is 3.57. The van der Waals surface area contributed by atoms with E-state index in [4.69, 9.17) is 14.2 Å². The van der Waals surface area contributed by atoms with Crippen molar-refractivity contribution in [3.63, 3.8) is 0 Å². The van der Waals surface area contributed by atoms with Gasteiger partial charge in [-0.1, -0.05) is 24.8 Å². The molecule has 156 valence electrons. The lowest BCUT2D eigenvalue weighted by Gasteiger charge is -2.27. The molecule has 0 amide bonds. The number of rotatable bonds is 12. The summed E-state index contributed by atoms with van der Waals surface area (Å²) in [5, 5.41) is 6.88. The number of nitrogens with one attached hydrogen (secondary N) is 2. The summed E-state index contributed by atoms with van der Waals surface area (Å²) in [5.41, 5.74) is 3.67. The molecule has 5 heteroatoms. The fourth-order valence-corrected chi connectivity index (χ4v) is 3.46. The number of benzene rings is 2. The summed E-state index contributed by atoms with van der Waals surface area (Å²) >= 11 is 0. The van der Waals surface area contributed by atoms with Crippen LogP contribution in [0.15, 0.2) is 49.1 Å². The van der Waals surface area contributed by atoms with E-state index in [-0.39, 0.29) is 0 Å². The van der Waals surface area contributed by atoms with Crippen LogP contribution in [-0.4, -0.2) is 40.5 Å². The summed E-state index contributed by atoms with van der Waals surface area (Å²) in [4.78, 5) is 0. The Bertz CT molecular complexity index is 803. The van der Waals surface area contributed by atoms with Gasteiger partial charge in [0.15, 0.2) is 0 Å². The van der Waals surface area contributed by atoms with Crippen molar-refractivity contribution >= 4 is 0 Å². The van der Waals surface area contributed by atoms with E-state index in [1.807, 2.05) is 12.1 Å². The lowest BCUT2D eigenvalue weighted by atomic mass is 10.0. The van der Waals surface area contributed by atoms with Gasteiger partial charge < -0.3 is 24.8 Å². The molecule has 0 saturated carbocycles. The molecule has 0 atom stereocenters. The largest absolute Gasteiger partial charge is 0.497 e. The number of ether oxygens (including phenoxy) is 3. The molecule has 0 spiro atoms. The van der Waals surface area contributed by atoms with Gasteiger partial charge in [0.1, 0.15) is 23.9 Å². The Labute approximate surface area is 174 Å². The van der Waals surface area contributed by atoms with Crippen LogP contribution in [-0.2, 0) is 19.4 Å². The van der Waals surface area contributed by atoms with Gasteiger partial charge in [-0.05, 0) is 53.6 Å². The first-order valence-corrected chi connectivity index (χ1v) is 10.2. The summed E-state index contributed by atoms with van der Waals surface area (Å²) in [7, 11) is 3.36. The lowest BCUT2D eigenvalue weighted by molar-refractivity contribution is 0.331. The minimum absolute atomic E-state index is 0.510. The highest BCUT2D eigenvalue weighted by Gasteiger charge is 2.15. The third-order valence-electron chi connectivity index (χ3n) is 5.20. The van der Waals surface area contributed by atoms with Crippen LogP contribution >= 0.6 is 0 Å². The maximum Gasteiger partial charge on any atom is 0.125 e. The van der Waals surface area contributed by atoms with Crippen molar-refractivity contribution in [3.8, 4) is 17.2 Å². The van der Waals surface area contributed by atoms with Crippen LogP contribution in [0.25, 0.3) is 0 Å². The average molecular weight is 397 g/mol. The Kier molecular flexibility index (Phi) is 7.96. The van der Waals surface area contributed by atoms with Crippen LogP contribution in [0.3, 0.4) is 0 Å². The van der Waals surface area contributed by atoms with Gasteiger partial charge in [-0.15, -0.1) is 0 Å². The van der Waals surface area contributed by atoms with Gasteiger partial charge in [-0.25, -0.2) is 0 Å². The molecule has 1 aliphatic heterocycles. The molecule has 0 radical (unpaired) electrons. The third kappa shape index (κ3) is 6.24. The highest BCUT2D eigenvalue weighted by atomic mass is 16.5. The van der Waals surface area contributed by atoms with E-state index in [1.165, 1.54) is 16.7 Å². The number of hydrogen-bond donors (Lipinski definition) is 2.